The van der Waals surface area contributed by atoms with Gasteiger partial charge in [-0.05, 0) is 37.0 Å². The van der Waals surface area contributed by atoms with Crippen molar-refractivity contribution >= 4 is 17.5 Å². The van der Waals surface area contributed by atoms with Gasteiger partial charge in [0.2, 0.25) is 5.91 Å². The average Bonchev–Trinajstić information content (AvgIpc) is 2.84. The minimum atomic E-state index is 0.207. The summed E-state index contributed by atoms with van der Waals surface area (Å²) < 4.78 is 5.18. The summed E-state index contributed by atoms with van der Waals surface area (Å²) in [5.74, 6) is 2.61. The predicted molar refractivity (Wildman–Crippen MR) is 117 cm³/mol. The number of piperidine rings is 1. The molecular formula is C23H26N6O2. The third-order valence-corrected chi connectivity index (χ3v) is 5.53. The molecule has 1 fully saturated rings. The van der Waals surface area contributed by atoms with Crippen LogP contribution in [0.3, 0.4) is 0 Å². The van der Waals surface area contributed by atoms with Crippen molar-refractivity contribution in [2.24, 2.45) is 0 Å². The summed E-state index contributed by atoms with van der Waals surface area (Å²) in [6.07, 6.45) is 11.4. The van der Waals surface area contributed by atoms with Crippen molar-refractivity contribution in [3.63, 3.8) is 0 Å². The van der Waals surface area contributed by atoms with Crippen LogP contribution in [-0.4, -0.2) is 50.9 Å². The highest BCUT2D eigenvalue weighted by atomic mass is 16.5. The molecule has 0 atom stereocenters. The fraction of sp³-hybridized carbons (Fsp3) is 0.348. The summed E-state index contributed by atoms with van der Waals surface area (Å²) in [5.41, 5.74) is 2.09. The summed E-state index contributed by atoms with van der Waals surface area (Å²) in [6, 6.07) is 7.89. The quantitative estimate of drug-likeness (QED) is 0.629. The lowest BCUT2D eigenvalue weighted by molar-refractivity contribution is -0.132. The molecule has 0 bridgehead atoms. The van der Waals surface area contributed by atoms with Crippen molar-refractivity contribution in [3.05, 3.63) is 66.5 Å². The van der Waals surface area contributed by atoms with Crippen LogP contribution >= 0.6 is 0 Å². The molecule has 1 aliphatic heterocycles. The number of nitrogens with one attached hydrogen (secondary N) is 1. The highest BCUT2D eigenvalue weighted by Crippen LogP contribution is 2.27. The molecule has 1 aromatic carbocycles. The van der Waals surface area contributed by atoms with E-state index in [-0.39, 0.29) is 5.91 Å². The first-order valence-corrected chi connectivity index (χ1v) is 10.5. The van der Waals surface area contributed by atoms with E-state index in [1.54, 1.807) is 31.9 Å². The summed E-state index contributed by atoms with van der Waals surface area (Å²) in [7, 11) is 1.65. The van der Waals surface area contributed by atoms with E-state index in [0.29, 0.717) is 24.0 Å². The van der Waals surface area contributed by atoms with Gasteiger partial charge in [-0.25, -0.2) is 9.97 Å². The second-order valence-corrected chi connectivity index (χ2v) is 7.55. The first kappa shape index (κ1) is 20.7. The van der Waals surface area contributed by atoms with Crippen LogP contribution in [0.4, 0.5) is 11.6 Å². The van der Waals surface area contributed by atoms with E-state index in [4.69, 9.17) is 9.72 Å². The summed E-state index contributed by atoms with van der Waals surface area (Å²) in [6.45, 7) is 1.49. The molecule has 3 aromatic rings. The maximum atomic E-state index is 12.6. The predicted octanol–water partition coefficient (Wildman–Crippen LogP) is 3.36. The zero-order valence-electron chi connectivity index (χ0n) is 17.6. The Morgan fingerprint density at radius 1 is 1.06 bits per heavy atom. The molecule has 0 unspecified atom stereocenters. The first-order valence-electron chi connectivity index (χ1n) is 10.5. The van der Waals surface area contributed by atoms with Crippen molar-refractivity contribution < 1.29 is 9.53 Å². The third-order valence-electron chi connectivity index (χ3n) is 5.53. The molecule has 1 N–H and O–H groups in total. The molecule has 4 rings (SSSR count). The van der Waals surface area contributed by atoms with Gasteiger partial charge in [-0.15, -0.1) is 0 Å². The Kier molecular flexibility index (Phi) is 6.66. The number of aromatic nitrogens is 4. The third kappa shape index (κ3) is 5.53. The lowest BCUT2D eigenvalue weighted by atomic mass is 9.93. The number of methoxy groups -OCH3 is 1. The van der Waals surface area contributed by atoms with E-state index in [1.807, 2.05) is 35.4 Å². The number of carbonyl (C=O) groups is 1. The van der Waals surface area contributed by atoms with Crippen LogP contribution in [0.1, 0.15) is 36.4 Å². The van der Waals surface area contributed by atoms with Crippen molar-refractivity contribution in [1.82, 2.24) is 24.8 Å². The van der Waals surface area contributed by atoms with Crippen molar-refractivity contribution in [1.29, 1.82) is 0 Å². The molecular weight excluding hydrogens is 392 g/mol. The van der Waals surface area contributed by atoms with E-state index in [9.17, 15) is 4.79 Å². The van der Waals surface area contributed by atoms with Crippen LogP contribution in [-0.2, 0) is 11.2 Å². The molecule has 160 valence electrons. The number of carbonyl (C=O) groups excluding carboxylic acids is 1. The van der Waals surface area contributed by atoms with Crippen molar-refractivity contribution in [2.75, 3.05) is 25.5 Å². The minimum absolute atomic E-state index is 0.207. The summed E-state index contributed by atoms with van der Waals surface area (Å²) >= 11 is 0. The number of likely N-dealkylation sites (tertiary alicyclic amines) is 1. The van der Waals surface area contributed by atoms with Gasteiger partial charge in [0, 0.05) is 44.0 Å². The number of nitrogens with zero attached hydrogens (tertiary/aromatic N) is 5. The van der Waals surface area contributed by atoms with Gasteiger partial charge in [0.15, 0.2) is 0 Å². The molecule has 0 spiro atoms. The molecule has 8 nitrogen and oxygen atoms in total. The number of amides is 1. The number of hydrogen-bond acceptors (Lipinski definition) is 7. The number of aryl methyl sites for hydroxylation is 1. The maximum absolute atomic E-state index is 12.6. The maximum Gasteiger partial charge on any atom is 0.222 e. The molecule has 0 saturated carbocycles. The lowest BCUT2D eigenvalue weighted by Gasteiger charge is -2.31. The highest BCUT2D eigenvalue weighted by molar-refractivity contribution is 5.76. The number of rotatable bonds is 7. The molecule has 3 heterocycles. The summed E-state index contributed by atoms with van der Waals surface area (Å²) in [4.78, 5) is 31.9. The Morgan fingerprint density at radius 2 is 1.84 bits per heavy atom. The fourth-order valence-electron chi connectivity index (χ4n) is 3.76. The first-order chi connectivity index (χ1) is 15.2. The van der Waals surface area contributed by atoms with Gasteiger partial charge in [0.25, 0.3) is 0 Å². The molecule has 2 aromatic heterocycles. The minimum Gasteiger partial charge on any atom is -0.497 e. The smallest absolute Gasteiger partial charge is 0.222 e. The van der Waals surface area contributed by atoms with E-state index >= 15 is 0 Å². The van der Waals surface area contributed by atoms with Crippen LogP contribution in [0.5, 0.6) is 5.75 Å². The van der Waals surface area contributed by atoms with Crippen LogP contribution in [0.25, 0.3) is 0 Å². The Hall–Kier alpha value is -3.55. The van der Waals surface area contributed by atoms with Gasteiger partial charge in [0.05, 0.1) is 25.2 Å². The molecule has 0 radical (unpaired) electrons. The average molecular weight is 419 g/mol. The van der Waals surface area contributed by atoms with E-state index in [1.165, 1.54) is 0 Å². The van der Waals surface area contributed by atoms with Crippen molar-refractivity contribution in [3.8, 4) is 5.75 Å². The monoisotopic (exact) mass is 418 g/mol. The fourth-order valence-corrected chi connectivity index (χ4v) is 3.76. The molecule has 31 heavy (non-hydrogen) atoms. The number of anilines is 2. The van der Waals surface area contributed by atoms with E-state index in [2.05, 4.69) is 20.3 Å². The molecule has 1 amide bonds. The SMILES string of the molecule is COc1ccc(CCC(=O)N2CCC(c3cncc(Nc4cnccn4)n3)CC2)cc1. The van der Waals surface area contributed by atoms with E-state index in [0.717, 1.165) is 49.4 Å². The highest BCUT2D eigenvalue weighted by Gasteiger charge is 2.24. The lowest BCUT2D eigenvalue weighted by Crippen LogP contribution is -2.38. The Balaban J connectivity index is 1.28. The van der Waals surface area contributed by atoms with E-state index < -0.39 is 0 Å². The summed E-state index contributed by atoms with van der Waals surface area (Å²) in [5, 5.41) is 3.13. The molecule has 8 heteroatoms. The van der Waals surface area contributed by atoms with Crippen LogP contribution in [0.15, 0.2) is 55.2 Å². The van der Waals surface area contributed by atoms with Crippen molar-refractivity contribution in [2.45, 2.75) is 31.6 Å². The van der Waals surface area contributed by atoms with Crippen LogP contribution in [0.2, 0.25) is 0 Å². The number of hydrogen-bond donors (Lipinski definition) is 1. The Bertz CT molecular complexity index is 988. The zero-order valence-corrected chi connectivity index (χ0v) is 17.6. The van der Waals surface area contributed by atoms with Crippen LogP contribution in [0, 0.1) is 0 Å². The second-order valence-electron chi connectivity index (χ2n) is 7.55. The van der Waals surface area contributed by atoms with Gasteiger partial charge in [-0.1, -0.05) is 12.1 Å². The normalized spacial score (nSPS) is 14.3. The molecule has 1 aliphatic rings. The standard InChI is InChI=1S/C23H26N6O2/c1-31-19-5-2-17(3-6-19)4-7-23(30)29-12-8-18(9-13-29)20-14-25-16-22(27-20)28-21-15-24-10-11-26-21/h2-3,5-6,10-11,14-16,18H,4,7-9,12-13H2,1H3,(H,26,27,28). The van der Waals surface area contributed by atoms with Gasteiger partial charge in [-0.3, -0.25) is 14.8 Å². The van der Waals surface area contributed by atoms with Gasteiger partial charge in [-0.2, -0.15) is 0 Å². The Labute approximate surface area is 181 Å². The Morgan fingerprint density at radius 3 is 2.55 bits per heavy atom. The number of ether oxygens (including phenoxy) is 1. The van der Waals surface area contributed by atoms with Gasteiger partial charge in [0.1, 0.15) is 17.4 Å². The second kappa shape index (κ2) is 9.97. The zero-order chi connectivity index (χ0) is 21.5. The molecule has 0 aliphatic carbocycles. The van der Waals surface area contributed by atoms with Crippen LogP contribution < -0.4 is 10.1 Å². The topological polar surface area (TPSA) is 93.1 Å². The van der Waals surface area contributed by atoms with Gasteiger partial charge >= 0.3 is 0 Å². The number of benzene rings is 1. The largest absolute Gasteiger partial charge is 0.497 e. The van der Waals surface area contributed by atoms with Gasteiger partial charge < -0.3 is 15.0 Å². The molecule has 1 saturated heterocycles.